The molecule has 3 nitrogen and oxygen atoms in total. The third-order valence-electron chi connectivity index (χ3n) is 2.77. The second-order valence-electron chi connectivity index (χ2n) is 4.06. The third-order valence-corrected chi connectivity index (χ3v) is 2.77. The van der Waals surface area contributed by atoms with Crippen LogP contribution in [0.2, 0.25) is 0 Å². The lowest BCUT2D eigenvalue weighted by atomic mass is 9.92. The van der Waals surface area contributed by atoms with Gasteiger partial charge in [-0.05, 0) is 32.4 Å². The Kier molecular flexibility index (Phi) is 9.19. The number of hydrogen-bond acceptors (Lipinski definition) is 3. The highest BCUT2D eigenvalue weighted by molar-refractivity contribution is 4.80. The monoisotopic (exact) mass is 226 g/mol. The molecule has 0 aliphatic carbocycles. The molecule has 0 fully saturated rings. The van der Waals surface area contributed by atoms with Gasteiger partial charge < -0.3 is 15.7 Å². The van der Waals surface area contributed by atoms with Gasteiger partial charge in [0.1, 0.15) is 0 Å². The maximum absolute atomic E-state index is 10.3. The molecule has 94 valence electrons. The summed E-state index contributed by atoms with van der Waals surface area (Å²) in [4.78, 5) is 0. The number of rotatable bonds is 11. The summed E-state index contributed by atoms with van der Waals surface area (Å²) in [6, 6.07) is 0. The molecule has 3 N–H and O–H groups in total. The highest BCUT2D eigenvalue weighted by Crippen LogP contribution is 2.18. The molecule has 0 aliphatic rings. The van der Waals surface area contributed by atoms with Gasteiger partial charge in [-0.1, -0.05) is 19.1 Å². The van der Waals surface area contributed by atoms with Crippen LogP contribution in [0.5, 0.6) is 0 Å². The van der Waals surface area contributed by atoms with Crippen LogP contribution in [0.15, 0.2) is 25.3 Å². The minimum atomic E-state index is -0.553. The summed E-state index contributed by atoms with van der Waals surface area (Å²) in [5, 5.41) is 16.7. The summed E-state index contributed by atoms with van der Waals surface area (Å²) < 4.78 is 0. The summed E-state index contributed by atoms with van der Waals surface area (Å²) >= 11 is 0. The van der Waals surface area contributed by atoms with Gasteiger partial charge in [0.15, 0.2) is 0 Å². The largest absolute Gasteiger partial charge is 0.390 e. The third kappa shape index (κ3) is 7.63. The molecule has 0 saturated heterocycles. The Balaban J connectivity index is 3.71. The van der Waals surface area contributed by atoms with Crippen LogP contribution >= 0.6 is 0 Å². The van der Waals surface area contributed by atoms with Gasteiger partial charge >= 0.3 is 0 Å². The van der Waals surface area contributed by atoms with Crippen LogP contribution < -0.4 is 10.6 Å². The van der Waals surface area contributed by atoms with E-state index in [1.807, 2.05) is 19.1 Å². The van der Waals surface area contributed by atoms with Crippen molar-refractivity contribution in [3.63, 3.8) is 0 Å². The number of aliphatic hydroxyl groups is 1. The van der Waals surface area contributed by atoms with Gasteiger partial charge in [0.25, 0.3) is 0 Å². The van der Waals surface area contributed by atoms with E-state index in [9.17, 15) is 5.11 Å². The second kappa shape index (κ2) is 9.58. The molecule has 0 aliphatic heterocycles. The summed E-state index contributed by atoms with van der Waals surface area (Å²) in [5.41, 5.74) is -0.553. The lowest BCUT2D eigenvalue weighted by Gasteiger charge is -2.27. The molecule has 0 aromatic heterocycles. The Hall–Kier alpha value is -0.640. The molecule has 0 spiro atoms. The Morgan fingerprint density at radius 3 is 1.81 bits per heavy atom. The molecular formula is C13H26N2O. The molecule has 0 bridgehead atoms. The Labute approximate surface area is 99.6 Å². The molecule has 16 heavy (non-hydrogen) atoms. The number of hydrogen-bond donors (Lipinski definition) is 3. The first-order valence-electron chi connectivity index (χ1n) is 6.04. The molecule has 0 aromatic rings. The predicted octanol–water partition coefficient (Wildman–Crippen LogP) is 1.46. The van der Waals surface area contributed by atoms with Crippen LogP contribution in [0.3, 0.4) is 0 Å². The predicted molar refractivity (Wildman–Crippen MR) is 70.6 cm³/mol. The van der Waals surface area contributed by atoms with Crippen molar-refractivity contribution >= 4 is 0 Å². The van der Waals surface area contributed by atoms with Gasteiger partial charge in [0, 0.05) is 13.1 Å². The average Bonchev–Trinajstić information content (AvgIpc) is 2.31. The first-order valence-corrected chi connectivity index (χ1v) is 6.04. The standard InChI is InChI=1S/C13H26N2O/c1-4-9-14-11-7-13(16,6-3)8-12-15-10-5-2/h4-5,14-16H,1-2,6-12H2,3H3. The molecule has 0 heterocycles. The lowest BCUT2D eigenvalue weighted by molar-refractivity contribution is 0.0201. The van der Waals surface area contributed by atoms with Crippen molar-refractivity contribution in [1.29, 1.82) is 0 Å². The van der Waals surface area contributed by atoms with Crippen molar-refractivity contribution in [3.8, 4) is 0 Å². The van der Waals surface area contributed by atoms with E-state index < -0.39 is 5.60 Å². The zero-order chi connectivity index (χ0) is 12.3. The minimum Gasteiger partial charge on any atom is -0.390 e. The summed E-state index contributed by atoms with van der Waals surface area (Å²) in [6.45, 7) is 12.6. The zero-order valence-electron chi connectivity index (χ0n) is 10.5. The van der Waals surface area contributed by atoms with Crippen LogP contribution in [0.4, 0.5) is 0 Å². The van der Waals surface area contributed by atoms with E-state index in [4.69, 9.17) is 0 Å². The maximum Gasteiger partial charge on any atom is 0.0669 e. The van der Waals surface area contributed by atoms with Gasteiger partial charge in [-0.3, -0.25) is 0 Å². The van der Waals surface area contributed by atoms with Crippen molar-refractivity contribution in [2.24, 2.45) is 0 Å². The van der Waals surface area contributed by atoms with E-state index in [2.05, 4.69) is 23.8 Å². The van der Waals surface area contributed by atoms with Crippen molar-refractivity contribution in [1.82, 2.24) is 10.6 Å². The van der Waals surface area contributed by atoms with Crippen LogP contribution in [0.25, 0.3) is 0 Å². The molecule has 0 unspecified atom stereocenters. The molecule has 0 radical (unpaired) electrons. The highest BCUT2D eigenvalue weighted by Gasteiger charge is 2.22. The first-order chi connectivity index (χ1) is 7.68. The smallest absolute Gasteiger partial charge is 0.0669 e. The molecular weight excluding hydrogens is 200 g/mol. The van der Waals surface area contributed by atoms with E-state index in [-0.39, 0.29) is 0 Å². The molecule has 0 rings (SSSR count). The van der Waals surface area contributed by atoms with E-state index in [0.29, 0.717) is 0 Å². The fraction of sp³-hybridized carbons (Fsp3) is 0.692. The minimum absolute atomic E-state index is 0.553. The fourth-order valence-electron chi connectivity index (χ4n) is 1.53. The lowest BCUT2D eigenvalue weighted by Crippen LogP contribution is -2.36. The van der Waals surface area contributed by atoms with Crippen molar-refractivity contribution < 1.29 is 5.11 Å². The summed E-state index contributed by atoms with van der Waals surface area (Å²) in [6.07, 6.45) is 6.02. The highest BCUT2D eigenvalue weighted by atomic mass is 16.3. The number of nitrogens with one attached hydrogen (secondary N) is 2. The maximum atomic E-state index is 10.3. The van der Waals surface area contributed by atoms with Gasteiger partial charge in [0.05, 0.1) is 5.60 Å². The van der Waals surface area contributed by atoms with Gasteiger partial charge in [-0.2, -0.15) is 0 Å². The van der Waals surface area contributed by atoms with Crippen molar-refractivity contribution in [3.05, 3.63) is 25.3 Å². The van der Waals surface area contributed by atoms with E-state index in [1.165, 1.54) is 0 Å². The molecule has 3 heteroatoms. The van der Waals surface area contributed by atoms with Gasteiger partial charge in [-0.15, -0.1) is 13.2 Å². The van der Waals surface area contributed by atoms with E-state index >= 15 is 0 Å². The van der Waals surface area contributed by atoms with Gasteiger partial charge in [-0.25, -0.2) is 0 Å². The van der Waals surface area contributed by atoms with E-state index in [0.717, 1.165) is 45.4 Å². The molecule has 0 aromatic carbocycles. The summed E-state index contributed by atoms with van der Waals surface area (Å²) in [5.74, 6) is 0. The normalized spacial score (nSPS) is 11.4. The van der Waals surface area contributed by atoms with Gasteiger partial charge in [0.2, 0.25) is 0 Å². The van der Waals surface area contributed by atoms with Crippen molar-refractivity contribution in [2.75, 3.05) is 26.2 Å². The van der Waals surface area contributed by atoms with Crippen LogP contribution in [-0.2, 0) is 0 Å². The summed E-state index contributed by atoms with van der Waals surface area (Å²) in [7, 11) is 0. The second-order valence-corrected chi connectivity index (χ2v) is 4.06. The fourth-order valence-corrected chi connectivity index (χ4v) is 1.53. The van der Waals surface area contributed by atoms with Crippen LogP contribution in [-0.4, -0.2) is 36.9 Å². The van der Waals surface area contributed by atoms with Crippen molar-refractivity contribution in [2.45, 2.75) is 31.8 Å². The SMILES string of the molecule is C=CCNCCC(O)(CC)CCNCC=C. The Bertz CT molecular complexity index is 176. The Morgan fingerprint density at radius 2 is 1.50 bits per heavy atom. The first kappa shape index (κ1) is 15.4. The molecule has 0 saturated carbocycles. The Morgan fingerprint density at radius 1 is 1.06 bits per heavy atom. The zero-order valence-corrected chi connectivity index (χ0v) is 10.5. The van der Waals surface area contributed by atoms with Crippen LogP contribution in [0, 0.1) is 0 Å². The topological polar surface area (TPSA) is 44.3 Å². The van der Waals surface area contributed by atoms with E-state index in [1.54, 1.807) is 0 Å². The molecule has 0 amide bonds. The van der Waals surface area contributed by atoms with Crippen LogP contribution in [0.1, 0.15) is 26.2 Å². The quantitative estimate of drug-likeness (QED) is 0.369. The molecule has 0 atom stereocenters. The average molecular weight is 226 g/mol.